The number of carbonyl (C=O) groups is 2. The van der Waals surface area contributed by atoms with Crippen molar-refractivity contribution in [1.82, 2.24) is 4.73 Å². The second-order valence-corrected chi connectivity index (χ2v) is 3.60. The van der Waals surface area contributed by atoms with E-state index in [9.17, 15) is 19.8 Å². The Morgan fingerprint density at radius 1 is 1.39 bits per heavy atom. The molecule has 0 saturated heterocycles. The molecule has 3 N–H and O–H groups in total. The first-order chi connectivity index (χ1) is 8.36. The summed E-state index contributed by atoms with van der Waals surface area (Å²) in [5, 5.41) is 27.6. The van der Waals surface area contributed by atoms with Gasteiger partial charge in [-0.25, -0.2) is 4.79 Å². The molecule has 0 aromatic carbocycles. The maximum absolute atomic E-state index is 11.5. The summed E-state index contributed by atoms with van der Waals surface area (Å²) >= 11 is 0. The third-order valence-corrected chi connectivity index (χ3v) is 2.18. The average molecular weight is 259 g/mol. The molecule has 0 aliphatic carbocycles. The topological polar surface area (TPSA) is 118 Å². The minimum Gasteiger partial charge on any atom is -0.503 e. The molecule has 1 atom stereocenters. The monoisotopic (exact) mass is 259 g/mol. The standard InChI is InChI=1S/C10H13NO7/c1-5(3-8(14)17-2)10(16)18-11-7(13)4-6(12)9(11)15/h4-5,12-13,15H,3H2,1-2H3. The van der Waals surface area contributed by atoms with Crippen molar-refractivity contribution in [3.8, 4) is 17.5 Å². The molecule has 1 heterocycles. The number of hydrogen-bond donors (Lipinski definition) is 3. The number of rotatable bonds is 4. The Morgan fingerprint density at radius 2 is 2.00 bits per heavy atom. The van der Waals surface area contributed by atoms with Crippen molar-refractivity contribution >= 4 is 11.9 Å². The van der Waals surface area contributed by atoms with Gasteiger partial charge in [0, 0.05) is 6.07 Å². The van der Waals surface area contributed by atoms with Crippen LogP contribution in [0.1, 0.15) is 13.3 Å². The summed E-state index contributed by atoms with van der Waals surface area (Å²) in [7, 11) is 1.18. The van der Waals surface area contributed by atoms with Crippen molar-refractivity contribution in [1.29, 1.82) is 0 Å². The van der Waals surface area contributed by atoms with Crippen LogP contribution < -0.4 is 4.84 Å². The highest BCUT2D eigenvalue weighted by Crippen LogP contribution is 2.31. The molecule has 0 spiro atoms. The number of ether oxygens (including phenoxy) is 1. The second-order valence-electron chi connectivity index (χ2n) is 3.60. The van der Waals surface area contributed by atoms with E-state index in [1.165, 1.54) is 14.0 Å². The van der Waals surface area contributed by atoms with Crippen molar-refractivity contribution in [3.63, 3.8) is 0 Å². The zero-order valence-electron chi connectivity index (χ0n) is 9.78. The molecule has 0 amide bonds. The van der Waals surface area contributed by atoms with E-state index in [4.69, 9.17) is 5.11 Å². The van der Waals surface area contributed by atoms with E-state index in [1.54, 1.807) is 0 Å². The van der Waals surface area contributed by atoms with Crippen molar-refractivity contribution in [2.75, 3.05) is 7.11 Å². The SMILES string of the molecule is COC(=O)CC(C)C(=O)On1c(O)cc(O)c1O. The Labute approximate surface area is 102 Å². The summed E-state index contributed by atoms with van der Waals surface area (Å²) in [6, 6.07) is 0.799. The van der Waals surface area contributed by atoms with Crippen LogP contribution in [0.25, 0.3) is 0 Å². The van der Waals surface area contributed by atoms with Crippen LogP contribution in [-0.2, 0) is 14.3 Å². The van der Waals surface area contributed by atoms with Gasteiger partial charge in [0.15, 0.2) is 5.75 Å². The molecule has 8 nitrogen and oxygen atoms in total. The van der Waals surface area contributed by atoms with E-state index >= 15 is 0 Å². The molecular weight excluding hydrogens is 246 g/mol. The van der Waals surface area contributed by atoms with Crippen molar-refractivity contribution in [2.24, 2.45) is 5.92 Å². The first-order valence-electron chi connectivity index (χ1n) is 4.98. The normalized spacial score (nSPS) is 11.9. The van der Waals surface area contributed by atoms with E-state index in [0.29, 0.717) is 4.73 Å². The number of esters is 1. The van der Waals surface area contributed by atoms with Crippen LogP contribution in [0.3, 0.4) is 0 Å². The van der Waals surface area contributed by atoms with Gasteiger partial charge in [-0.3, -0.25) is 4.79 Å². The lowest BCUT2D eigenvalue weighted by Crippen LogP contribution is -2.27. The molecule has 0 fully saturated rings. The highest BCUT2D eigenvalue weighted by Gasteiger charge is 2.23. The Morgan fingerprint density at radius 3 is 2.44 bits per heavy atom. The van der Waals surface area contributed by atoms with Crippen LogP contribution in [0.4, 0.5) is 0 Å². The minimum atomic E-state index is -0.874. The van der Waals surface area contributed by atoms with Gasteiger partial charge < -0.3 is 24.9 Å². The lowest BCUT2D eigenvalue weighted by molar-refractivity contribution is -0.154. The smallest absolute Gasteiger partial charge is 0.336 e. The lowest BCUT2D eigenvalue weighted by atomic mass is 10.1. The number of hydrogen-bond acceptors (Lipinski definition) is 7. The minimum absolute atomic E-state index is 0.204. The van der Waals surface area contributed by atoms with Gasteiger partial charge in [-0.15, -0.1) is 4.73 Å². The van der Waals surface area contributed by atoms with Gasteiger partial charge in [0.1, 0.15) is 0 Å². The van der Waals surface area contributed by atoms with Gasteiger partial charge in [-0.1, -0.05) is 6.92 Å². The first-order valence-corrected chi connectivity index (χ1v) is 4.98. The summed E-state index contributed by atoms with van der Waals surface area (Å²) in [6.45, 7) is 1.41. The van der Waals surface area contributed by atoms with Gasteiger partial charge in [0.05, 0.1) is 19.4 Å². The van der Waals surface area contributed by atoms with Gasteiger partial charge in [-0.2, -0.15) is 0 Å². The maximum Gasteiger partial charge on any atom is 0.336 e. The molecule has 1 aromatic heterocycles. The first kappa shape index (κ1) is 13.7. The fraction of sp³-hybridized carbons (Fsp3) is 0.400. The highest BCUT2D eigenvalue weighted by atomic mass is 16.7. The Hall–Kier alpha value is -2.38. The summed E-state index contributed by atoms with van der Waals surface area (Å²) in [5.74, 6) is -4.40. The number of aromatic nitrogens is 1. The highest BCUT2D eigenvalue weighted by molar-refractivity contribution is 5.79. The number of methoxy groups -OCH3 is 1. The fourth-order valence-corrected chi connectivity index (χ4v) is 1.14. The molecular formula is C10H13NO7. The van der Waals surface area contributed by atoms with Crippen LogP contribution in [0, 0.1) is 5.92 Å². The molecule has 0 aliphatic rings. The third-order valence-electron chi connectivity index (χ3n) is 2.18. The molecule has 0 saturated carbocycles. The van der Waals surface area contributed by atoms with Crippen molar-refractivity contribution in [3.05, 3.63) is 6.07 Å². The fourth-order valence-electron chi connectivity index (χ4n) is 1.14. The summed E-state index contributed by atoms with van der Waals surface area (Å²) < 4.78 is 4.73. The Balaban J connectivity index is 2.72. The van der Waals surface area contributed by atoms with Crippen molar-refractivity contribution < 1.29 is 34.5 Å². The van der Waals surface area contributed by atoms with Crippen LogP contribution in [0.2, 0.25) is 0 Å². The van der Waals surface area contributed by atoms with E-state index in [0.717, 1.165) is 6.07 Å². The molecule has 0 aliphatic heterocycles. The summed E-state index contributed by atoms with van der Waals surface area (Å²) in [6.07, 6.45) is -0.204. The summed E-state index contributed by atoms with van der Waals surface area (Å²) in [4.78, 5) is 27.1. The zero-order chi connectivity index (χ0) is 13.9. The van der Waals surface area contributed by atoms with Crippen molar-refractivity contribution in [2.45, 2.75) is 13.3 Å². The summed E-state index contributed by atoms with van der Waals surface area (Å²) in [5.41, 5.74) is 0. The zero-order valence-corrected chi connectivity index (χ0v) is 9.78. The molecule has 100 valence electrons. The molecule has 1 aromatic rings. The van der Waals surface area contributed by atoms with Crippen LogP contribution in [0.5, 0.6) is 17.5 Å². The third kappa shape index (κ3) is 2.84. The number of carbonyl (C=O) groups excluding carboxylic acids is 2. The molecule has 1 unspecified atom stereocenters. The quantitative estimate of drug-likeness (QED) is 0.638. The van der Waals surface area contributed by atoms with Gasteiger partial charge in [-0.05, 0) is 0 Å². The van der Waals surface area contributed by atoms with E-state index < -0.39 is 35.4 Å². The molecule has 18 heavy (non-hydrogen) atoms. The molecule has 0 bridgehead atoms. The Kier molecular flexibility index (Phi) is 4.03. The molecule has 8 heteroatoms. The van der Waals surface area contributed by atoms with E-state index in [2.05, 4.69) is 9.57 Å². The molecule has 0 radical (unpaired) electrons. The van der Waals surface area contributed by atoms with E-state index in [-0.39, 0.29) is 6.42 Å². The average Bonchev–Trinajstić information content (AvgIpc) is 2.55. The van der Waals surface area contributed by atoms with Gasteiger partial charge in [0.25, 0.3) is 5.88 Å². The predicted octanol–water partition coefficient (Wildman–Crippen LogP) is -0.241. The lowest BCUT2D eigenvalue weighted by Gasteiger charge is -2.11. The second kappa shape index (κ2) is 5.30. The van der Waals surface area contributed by atoms with Crippen LogP contribution in [-0.4, -0.2) is 39.1 Å². The Bertz CT molecular complexity index is 465. The number of nitrogens with zero attached hydrogens (tertiary/aromatic N) is 1. The molecule has 1 rings (SSSR count). The van der Waals surface area contributed by atoms with Gasteiger partial charge >= 0.3 is 11.9 Å². The largest absolute Gasteiger partial charge is 0.503 e. The van der Waals surface area contributed by atoms with Gasteiger partial charge in [0.2, 0.25) is 5.88 Å². The number of aromatic hydroxyl groups is 3. The predicted molar refractivity (Wildman–Crippen MR) is 56.8 cm³/mol. The van der Waals surface area contributed by atoms with E-state index in [1.807, 2.05) is 0 Å². The van der Waals surface area contributed by atoms with Crippen LogP contribution in [0.15, 0.2) is 6.07 Å². The van der Waals surface area contributed by atoms with Crippen LogP contribution >= 0.6 is 0 Å². The maximum atomic E-state index is 11.5.